The fraction of sp³-hybridized carbons (Fsp3) is 0.182. The first kappa shape index (κ1) is 8.57. The van der Waals surface area contributed by atoms with Crippen molar-refractivity contribution in [1.29, 1.82) is 0 Å². The molecule has 2 aromatic rings. The number of benzene rings is 1. The molecule has 0 unspecified atom stereocenters. The highest BCUT2D eigenvalue weighted by atomic mass is 32.1. The van der Waals surface area contributed by atoms with Gasteiger partial charge >= 0.3 is 0 Å². The van der Waals surface area contributed by atoms with Crippen molar-refractivity contribution in [3.8, 4) is 5.75 Å². The normalized spacial score (nSPS) is 10.6. The maximum Gasteiger partial charge on any atom is 0.128 e. The summed E-state index contributed by atoms with van der Waals surface area (Å²) in [7, 11) is 0. The molecule has 1 aromatic heterocycles. The quantitative estimate of drug-likeness (QED) is 0.706. The van der Waals surface area contributed by atoms with Crippen molar-refractivity contribution >= 4 is 21.4 Å². The van der Waals surface area contributed by atoms with Gasteiger partial charge in [0.15, 0.2) is 0 Å². The van der Waals surface area contributed by atoms with Crippen LogP contribution in [0.1, 0.15) is 12.5 Å². The molecule has 0 aliphatic carbocycles. The third-order valence-electron chi connectivity index (χ3n) is 1.94. The molecule has 1 nitrogen and oxygen atoms in total. The zero-order chi connectivity index (χ0) is 9.26. The summed E-state index contributed by atoms with van der Waals surface area (Å²) in [6.07, 6.45) is 0. The molecule has 0 saturated carbocycles. The summed E-state index contributed by atoms with van der Waals surface area (Å²) in [5.74, 6) is 0.950. The van der Waals surface area contributed by atoms with Crippen LogP contribution in [-0.4, -0.2) is 6.61 Å². The smallest absolute Gasteiger partial charge is 0.128 e. The summed E-state index contributed by atoms with van der Waals surface area (Å²) in [5.41, 5.74) is 1.06. The Hall–Kier alpha value is -1.02. The molecule has 0 aliphatic heterocycles. The number of ether oxygens (including phenoxy) is 1. The summed E-state index contributed by atoms with van der Waals surface area (Å²) in [5, 5.41) is 3.22. The van der Waals surface area contributed by atoms with Gasteiger partial charge in [0, 0.05) is 10.1 Å². The highest BCUT2D eigenvalue weighted by Crippen LogP contribution is 2.33. The molecule has 0 aliphatic rings. The summed E-state index contributed by atoms with van der Waals surface area (Å²) in [4.78, 5) is 0. The van der Waals surface area contributed by atoms with E-state index in [0.717, 1.165) is 16.7 Å². The number of rotatable bonds is 2. The van der Waals surface area contributed by atoms with E-state index in [2.05, 4.69) is 18.4 Å². The van der Waals surface area contributed by atoms with E-state index in [4.69, 9.17) is 4.74 Å². The third-order valence-corrected chi connectivity index (χ3v) is 2.93. The van der Waals surface area contributed by atoms with Crippen LogP contribution in [0.15, 0.2) is 23.6 Å². The number of hydrogen-bond donors (Lipinski definition) is 0. The molecule has 1 heterocycles. The zero-order valence-electron chi connectivity index (χ0n) is 7.54. The summed E-state index contributed by atoms with van der Waals surface area (Å²) < 4.78 is 6.77. The van der Waals surface area contributed by atoms with E-state index in [0.29, 0.717) is 6.61 Å². The topological polar surface area (TPSA) is 9.23 Å². The fourth-order valence-electron chi connectivity index (χ4n) is 1.40. The first-order valence-electron chi connectivity index (χ1n) is 4.28. The highest BCUT2D eigenvalue weighted by molar-refractivity contribution is 7.17. The predicted octanol–water partition coefficient (Wildman–Crippen LogP) is 3.48. The van der Waals surface area contributed by atoms with Crippen molar-refractivity contribution in [2.75, 3.05) is 6.61 Å². The Balaban J connectivity index is 2.65. The van der Waals surface area contributed by atoms with E-state index in [9.17, 15) is 0 Å². The summed E-state index contributed by atoms with van der Waals surface area (Å²) in [6.45, 7) is 6.68. The maximum absolute atomic E-state index is 5.52. The molecule has 2 rings (SSSR count). The molecule has 67 valence electrons. The van der Waals surface area contributed by atoms with Crippen LogP contribution in [0.5, 0.6) is 5.75 Å². The van der Waals surface area contributed by atoms with Crippen LogP contribution in [0.2, 0.25) is 0 Å². The Morgan fingerprint density at radius 3 is 3.08 bits per heavy atom. The van der Waals surface area contributed by atoms with E-state index in [1.54, 1.807) is 11.3 Å². The van der Waals surface area contributed by atoms with E-state index in [-0.39, 0.29) is 0 Å². The van der Waals surface area contributed by atoms with Crippen molar-refractivity contribution in [2.24, 2.45) is 0 Å². The van der Waals surface area contributed by atoms with E-state index >= 15 is 0 Å². The van der Waals surface area contributed by atoms with Crippen LogP contribution in [0.25, 0.3) is 10.1 Å². The summed E-state index contributed by atoms with van der Waals surface area (Å²) in [6, 6.07) is 6.10. The van der Waals surface area contributed by atoms with Crippen LogP contribution in [0.3, 0.4) is 0 Å². The third kappa shape index (κ3) is 1.42. The van der Waals surface area contributed by atoms with Gasteiger partial charge in [-0.2, -0.15) is 0 Å². The fourth-order valence-corrected chi connectivity index (χ4v) is 2.29. The maximum atomic E-state index is 5.52. The van der Waals surface area contributed by atoms with Crippen LogP contribution in [-0.2, 0) is 0 Å². The average Bonchev–Trinajstić information content (AvgIpc) is 2.50. The molecule has 2 heteroatoms. The molecular weight excluding hydrogens is 180 g/mol. The van der Waals surface area contributed by atoms with Crippen LogP contribution < -0.4 is 4.74 Å². The molecule has 1 radical (unpaired) electrons. The van der Waals surface area contributed by atoms with Gasteiger partial charge in [-0.25, -0.2) is 0 Å². The Bertz CT molecular complexity index is 417. The van der Waals surface area contributed by atoms with Crippen molar-refractivity contribution in [1.82, 2.24) is 0 Å². The van der Waals surface area contributed by atoms with Crippen LogP contribution in [0, 0.1) is 6.92 Å². The first-order chi connectivity index (χ1) is 6.33. The van der Waals surface area contributed by atoms with E-state index in [1.807, 2.05) is 19.1 Å². The molecule has 0 spiro atoms. The SMILES string of the molecule is [CH2]c1csc2cccc(OCC)c12. The molecule has 0 saturated heterocycles. The Morgan fingerprint density at radius 1 is 1.46 bits per heavy atom. The minimum absolute atomic E-state index is 0.703. The molecular formula is C11H11OS. The van der Waals surface area contributed by atoms with Gasteiger partial charge in [0.1, 0.15) is 5.75 Å². The zero-order valence-corrected chi connectivity index (χ0v) is 8.36. The van der Waals surface area contributed by atoms with Gasteiger partial charge in [0.25, 0.3) is 0 Å². The highest BCUT2D eigenvalue weighted by Gasteiger charge is 2.05. The minimum atomic E-state index is 0.703. The van der Waals surface area contributed by atoms with Gasteiger partial charge < -0.3 is 4.74 Å². The molecule has 0 atom stereocenters. The second-order valence-corrected chi connectivity index (χ2v) is 3.73. The van der Waals surface area contributed by atoms with Gasteiger partial charge in [-0.05, 0) is 36.9 Å². The van der Waals surface area contributed by atoms with E-state index in [1.165, 1.54) is 4.70 Å². The number of thiophene rings is 1. The first-order valence-corrected chi connectivity index (χ1v) is 5.16. The van der Waals surface area contributed by atoms with Crippen LogP contribution >= 0.6 is 11.3 Å². The summed E-state index contributed by atoms with van der Waals surface area (Å²) >= 11 is 1.71. The minimum Gasteiger partial charge on any atom is -0.493 e. The van der Waals surface area contributed by atoms with Gasteiger partial charge in [-0.3, -0.25) is 0 Å². The van der Waals surface area contributed by atoms with Gasteiger partial charge in [0.2, 0.25) is 0 Å². The molecule has 0 fully saturated rings. The monoisotopic (exact) mass is 191 g/mol. The standard InChI is InChI=1S/C11H11OS/c1-3-12-9-5-4-6-10-11(9)8(2)7-13-10/h4-7H,2-3H2,1H3. The molecule has 13 heavy (non-hydrogen) atoms. The second-order valence-electron chi connectivity index (χ2n) is 2.82. The van der Waals surface area contributed by atoms with Crippen molar-refractivity contribution in [2.45, 2.75) is 6.92 Å². The van der Waals surface area contributed by atoms with Gasteiger partial charge in [-0.1, -0.05) is 6.07 Å². The average molecular weight is 191 g/mol. The lowest BCUT2D eigenvalue weighted by Crippen LogP contribution is -1.91. The molecule has 0 amide bonds. The number of fused-ring (bicyclic) bond motifs is 1. The lowest BCUT2D eigenvalue weighted by Gasteiger charge is -2.04. The molecule has 0 N–H and O–H groups in total. The Labute approximate surface area is 82.0 Å². The van der Waals surface area contributed by atoms with Gasteiger partial charge in [0.05, 0.1) is 6.61 Å². The van der Waals surface area contributed by atoms with E-state index < -0.39 is 0 Å². The Morgan fingerprint density at radius 2 is 2.31 bits per heavy atom. The van der Waals surface area contributed by atoms with Crippen molar-refractivity contribution in [3.63, 3.8) is 0 Å². The lowest BCUT2D eigenvalue weighted by molar-refractivity contribution is 0.344. The van der Waals surface area contributed by atoms with Crippen molar-refractivity contribution in [3.05, 3.63) is 36.1 Å². The number of hydrogen-bond acceptors (Lipinski definition) is 2. The predicted molar refractivity (Wildman–Crippen MR) is 57.5 cm³/mol. The van der Waals surface area contributed by atoms with Gasteiger partial charge in [-0.15, -0.1) is 11.3 Å². The van der Waals surface area contributed by atoms with Crippen molar-refractivity contribution < 1.29 is 4.74 Å². The second kappa shape index (κ2) is 3.38. The largest absolute Gasteiger partial charge is 0.493 e. The molecule has 0 bridgehead atoms. The van der Waals surface area contributed by atoms with Crippen LogP contribution in [0.4, 0.5) is 0 Å². The lowest BCUT2D eigenvalue weighted by atomic mass is 10.2. The molecule has 1 aromatic carbocycles. The Kier molecular flexibility index (Phi) is 2.23.